The fraction of sp³-hybridized carbons (Fsp3) is 0.167. The third kappa shape index (κ3) is 2.85. The zero-order valence-electron chi connectivity index (χ0n) is 9.66. The first-order chi connectivity index (χ1) is 8.04. The number of halogens is 1. The molecule has 0 fully saturated rings. The molecular formula is C12H13ClN4. The van der Waals surface area contributed by atoms with Gasteiger partial charge in [-0.05, 0) is 31.0 Å². The van der Waals surface area contributed by atoms with Crippen molar-refractivity contribution < 1.29 is 0 Å². The Kier molecular flexibility index (Phi) is 3.15. The summed E-state index contributed by atoms with van der Waals surface area (Å²) in [7, 11) is 0. The highest BCUT2D eigenvalue weighted by Crippen LogP contribution is 2.22. The zero-order valence-corrected chi connectivity index (χ0v) is 10.4. The largest absolute Gasteiger partial charge is 0.368 e. The first kappa shape index (κ1) is 11.7. The molecular weight excluding hydrogens is 236 g/mol. The molecule has 0 aliphatic carbocycles. The molecule has 0 saturated carbocycles. The van der Waals surface area contributed by atoms with Gasteiger partial charge < -0.3 is 11.1 Å². The van der Waals surface area contributed by atoms with Crippen LogP contribution in [-0.2, 0) is 0 Å². The van der Waals surface area contributed by atoms with E-state index >= 15 is 0 Å². The highest BCUT2D eigenvalue weighted by atomic mass is 35.5. The molecule has 0 saturated heterocycles. The molecule has 1 heterocycles. The molecule has 1 aromatic carbocycles. The van der Waals surface area contributed by atoms with Gasteiger partial charge in [0.25, 0.3) is 0 Å². The standard InChI is InChI=1S/C12H13ClN4/c1-7-3-4-8(2)9(5-7)15-11-6-10(13)16-12(14)17-11/h3-6H,1-2H3,(H3,14,15,16,17). The second-order valence-corrected chi connectivity index (χ2v) is 4.26. The Morgan fingerprint density at radius 1 is 1.18 bits per heavy atom. The van der Waals surface area contributed by atoms with E-state index in [9.17, 15) is 0 Å². The molecule has 4 nitrogen and oxygen atoms in total. The lowest BCUT2D eigenvalue weighted by Crippen LogP contribution is -2.01. The first-order valence-corrected chi connectivity index (χ1v) is 5.57. The highest BCUT2D eigenvalue weighted by molar-refractivity contribution is 6.29. The summed E-state index contributed by atoms with van der Waals surface area (Å²) in [5.41, 5.74) is 8.82. The molecule has 0 atom stereocenters. The van der Waals surface area contributed by atoms with Crippen LogP contribution >= 0.6 is 11.6 Å². The van der Waals surface area contributed by atoms with Crippen LogP contribution in [0.3, 0.4) is 0 Å². The minimum absolute atomic E-state index is 0.158. The van der Waals surface area contributed by atoms with Crippen LogP contribution in [0.4, 0.5) is 17.5 Å². The molecule has 0 radical (unpaired) electrons. The monoisotopic (exact) mass is 248 g/mol. The SMILES string of the molecule is Cc1ccc(C)c(Nc2cc(Cl)nc(N)n2)c1. The molecule has 1 aromatic heterocycles. The lowest BCUT2D eigenvalue weighted by molar-refractivity contribution is 1.18. The number of hydrogen-bond acceptors (Lipinski definition) is 4. The van der Waals surface area contributed by atoms with Crippen LogP contribution in [-0.4, -0.2) is 9.97 Å². The van der Waals surface area contributed by atoms with E-state index in [-0.39, 0.29) is 5.95 Å². The number of nitrogens with two attached hydrogens (primary N) is 1. The Morgan fingerprint density at radius 3 is 2.65 bits per heavy atom. The molecule has 0 amide bonds. The Bertz CT molecular complexity index is 534. The summed E-state index contributed by atoms with van der Waals surface area (Å²) >= 11 is 5.82. The maximum Gasteiger partial charge on any atom is 0.223 e. The van der Waals surface area contributed by atoms with Gasteiger partial charge in [-0.2, -0.15) is 4.98 Å². The van der Waals surface area contributed by atoms with Crippen molar-refractivity contribution in [2.45, 2.75) is 13.8 Å². The molecule has 3 N–H and O–H groups in total. The number of aromatic nitrogens is 2. The van der Waals surface area contributed by atoms with Gasteiger partial charge in [0.15, 0.2) is 0 Å². The van der Waals surface area contributed by atoms with Crippen molar-refractivity contribution in [1.82, 2.24) is 9.97 Å². The number of rotatable bonds is 2. The van der Waals surface area contributed by atoms with Gasteiger partial charge in [-0.3, -0.25) is 0 Å². The van der Waals surface area contributed by atoms with Crippen LogP contribution in [0.25, 0.3) is 0 Å². The van der Waals surface area contributed by atoms with E-state index in [1.807, 2.05) is 26.0 Å². The summed E-state index contributed by atoms with van der Waals surface area (Å²) in [6, 6.07) is 7.78. The third-order valence-electron chi connectivity index (χ3n) is 2.37. The highest BCUT2D eigenvalue weighted by Gasteiger charge is 2.03. The summed E-state index contributed by atoms with van der Waals surface area (Å²) in [5, 5.41) is 3.50. The fourth-order valence-electron chi connectivity index (χ4n) is 1.51. The fourth-order valence-corrected chi connectivity index (χ4v) is 1.70. The Morgan fingerprint density at radius 2 is 1.94 bits per heavy atom. The topological polar surface area (TPSA) is 63.8 Å². The van der Waals surface area contributed by atoms with E-state index in [1.165, 1.54) is 5.56 Å². The summed E-state index contributed by atoms with van der Waals surface area (Å²) in [5.74, 6) is 0.751. The van der Waals surface area contributed by atoms with Gasteiger partial charge in [0.2, 0.25) is 5.95 Å². The predicted molar refractivity (Wildman–Crippen MR) is 70.7 cm³/mol. The molecule has 0 bridgehead atoms. The number of aryl methyl sites for hydroxylation is 2. The lowest BCUT2D eigenvalue weighted by atomic mass is 10.1. The molecule has 5 heteroatoms. The van der Waals surface area contributed by atoms with Crippen LogP contribution in [0.1, 0.15) is 11.1 Å². The quantitative estimate of drug-likeness (QED) is 0.802. The van der Waals surface area contributed by atoms with Gasteiger partial charge in [0.1, 0.15) is 11.0 Å². The molecule has 0 spiro atoms. The van der Waals surface area contributed by atoms with Crippen LogP contribution in [0, 0.1) is 13.8 Å². The van der Waals surface area contributed by atoms with E-state index < -0.39 is 0 Å². The van der Waals surface area contributed by atoms with Gasteiger partial charge in [-0.15, -0.1) is 0 Å². The van der Waals surface area contributed by atoms with E-state index in [0.29, 0.717) is 11.0 Å². The number of nitrogen functional groups attached to an aromatic ring is 1. The van der Waals surface area contributed by atoms with E-state index in [4.69, 9.17) is 17.3 Å². The lowest BCUT2D eigenvalue weighted by Gasteiger charge is -2.10. The van der Waals surface area contributed by atoms with Crippen molar-refractivity contribution in [1.29, 1.82) is 0 Å². The van der Waals surface area contributed by atoms with Gasteiger partial charge >= 0.3 is 0 Å². The molecule has 17 heavy (non-hydrogen) atoms. The third-order valence-corrected chi connectivity index (χ3v) is 2.56. The maximum absolute atomic E-state index is 5.82. The van der Waals surface area contributed by atoms with E-state index in [2.05, 4.69) is 21.4 Å². The average molecular weight is 249 g/mol. The van der Waals surface area contributed by atoms with Crippen LogP contribution in [0.5, 0.6) is 0 Å². The maximum atomic E-state index is 5.82. The van der Waals surface area contributed by atoms with Crippen molar-refractivity contribution in [3.63, 3.8) is 0 Å². The van der Waals surface area contributed by atoms with E-state index in [0.717, 1.165) is 11.3 Å². The van der Waals surface area contributed by atoms with Crippen molar-refractivity contribution >= 4 is 29.1 Å². The molecule has 2 aromatic rings. The first-order valence-electron chi connectivity index (χ1n) is 5.19. The number of nitrogens with zero attached hydrogens (tertiary/aromatic N) is 2. The van der Waals surface area contributed by atoms with Gasteiger partial charge in [-0.25, -0.2) is 4.98 Å². The molecule has 0 aliphatic heterocycles. The van der Waals surface area contributed by atoms with Gasteiger partial charge in [-0.1, -0.05) is 23.7 Å². The smallest absolute Gasteiger partial charge is 0.223 e. The molecule has 0 aliphatic rings. The molecule has 88 valence electrons. The Balaban J connectivity index is 2.34. The van der Waals surface area contributed by atoms with Crippen LogP contribution in [0.2, 0.25) is 5.15 Å². The number of anilines is 3. The van der Waals surface area contributed by atoms with Gasteiger partial charge in [0.05, 0.1) is 0 Å². The van der Waals surface area contributed by atoms with Gasteiger partial charge in [0, 0.05) is 11.8 Å². The molecule has 0 unspecified atom stereocenters. The second kappa shape index (κ2) is 4.59. The molecule has 2 rings (SSSR count). The number of hydrogen-bond donors (Lipinski definition) is 2. The number of nitrogens with one attached hydrogen (secondary N) is 1. The normalized spacial score (nSPS) is 10.3. The predicted octanol–water partition coefficient (Wildman–Crippen LogP) is 3.07. The van der Waals surface area contributed by atoms with Crippen LogP contribution in [0.15, 0.2) is 24.3 Å². The number of benzene rings is 1. The summed E-state index contributed by atoms with van der Waals surface area (Å²) in [6.45, 7) is 4.06. The van der Waals surface area contributed by atoms with Crippen molar-refractivity contribution in [2.24, 2.45) is 0 Å². The summed E-state index contributed by atoms with van der Waals surface area (Å²) in [4.78, 5) is 7.88. The van der Waals surface area contributed by atoms with E-state index in [1.54, 1.807) is 6.07 Å². The average Bonchev–Trinajstić information content (AvgIpc) is 2.22. The minimum atomic E-state index is 0.158. The second-order valence-electron chi connectivity index (χ2n) is 3.88. The van der Waals surface area contributed by atoms with Crippen molar-refractivity contribution in [3.8, 4) is 0 Å². The Hall–Kier alpha value is -1.81. The minimum Gasteiger partial charge on any atom is -0.368 e. The Labute approximate surface area is 105 Å². The summed E-state index contributed by atoms with van der Waals surface area (Å²) in [6.07, 6.45) is 0. The zero-order chi connectivity index (χ0) is 12.4. The van der Waals surface area contributed by atoms with Crippen molar-refractivity contribution in [2.75, 3.05) is 11.1 Å². The van der Waals surface area contributed by atoms with Crippen LogP contribution < -0.4 is 11.1 Å². The van der Waals surface area contributed by atoms with Crippen molar-refractivity contribution in [3.05, 3.63) is 40.5 Å². The summed E-state index contributed by atoms with van der Waals surface area (Å²) < 4.78 is 0.